The van der Waals surface area contributed by atoms with Gasteiger partial charge in [-0.15, -0.1) is 0 Å². The molecule has 1 aromatic carbocycles. The zero-order valence-corrected chi connectivity index (χ0v) is 14.3. The molecule has 0 spiro atoms. The number of hydrogen-bond acceptors (Lipinski definition) is 2. The monoisotopic (exact) mass is 302 g/mol. The molecule has 1 aromatic rings. The smallest absolute Gasteiger partial charge is 0.333 e. The van der Waals surface area contributed by atoms with E-state index in [0.29, 0.717) is 18.6 Å². The fourth-order valence-electron chi connectivity index (χ4n) is 1.70. The van der Waals surface area contributed by atoms with Crippen LogP contribution in [-0.4, -0.2) is 12.6 Å². The number of carbonyl (C=O) groups excluding carboxylic acids is 1. The highest BCUT2D eigenvalue weighted by Gasteiger charge is 2.04. The molecule has 0 aromatic heterocycles. The van der Waals surface area contributed by atoms with Gasteiger partial charge in [0.2, 0.25) is 0 Å². The summed E-state index contributed by atoms with van der Waals surface area (Å²) in [5.74, 6) is -0.237. The molecule has 0 N–H and O–H groups in total. The second-order valence-electron chi connectivity index (χ2n) is 5.06. The number of carbonyl (C=O) groups is 1. The summed E-state index contributed by atoms with van der Waals surface area (Å²) in [5, 5.41) is 0. The molecule has 22 heavy (non-hydrogen) atoms. The Balaban J connectivity index is 0.000000425. The van der Waals surface area contributed by atoms with Crippen LogP contribution in [0.2, 0.25) is 0 Å². The predicted molar refractivity (Wildman–Crippen MR) is 95.7 cm³/mol. The van der Waals surface area contributed by atoms with Crippen LogP contribution in [0.15, 0.2) is 48.6 Å². The van der Waals surface area contributed by atoms with Crippen LogP contribution in [0.1, 0.15) is 58.4 Å². The molecule has 0 aliphatic carbocycles. The molecule has 0 unspecified atom stereocenters. The SMILES string of the molecule is C=C(CC)C(=O)OCCCCCC.CC=Cc1ccccc1. The van der Waals surface area contributed by atoms with Crippen molar-refractivity contribution in [2.75, 3.05) is 6.61 Å². The number of benzene rings is 1. The lowest BCUT2D eigenvalue weighted by atomic mass is 10.2. The van der Waals surface area contributed by atoms with Gasteiger partial charge in [0, 0.05) is 5.57 Å². The average molecular weight is 302 g/mol. The first kappa shape index (κ1) is 20.2. The summed E-state index contributed by atoms with van der Waals surface area (Å²) < 4.78 is 5.00. The van der Waals surface area contributed by atoms with Crippen LogP contribution in [0, 0.1) is 0 Å². The van der Waals surface area contributed by atoms with Crippen molar-refractivity contribution < 1.29 is 9.53 Å². The summed E-state index contributed by atoms with van der Waals surface area (Å²) in [4.78, 5) is 11.1. The van der Waals surface area contributed by atoms with E-state index < -0.39 is 0 Å². The Kier molecular flexibility index (Phi) is 12.9. The Morgan fingerprint density at radius 2 is 1.82 bits per heavy atom. The first-order valence-corrected chi connectivity index (χ1v) is 8.18. The molecule has 0 bridgehead atoms. The Bertz CT molecular complexity index is 432. The Morgan fingerprint density at radius 3 is 2.36 bits per heavy atom. The molecule has 2 heteroatoms. The highest BCUT2D eigenvalue weighted by molar-refractivity contribution is 5.87. The van der Waals surface area contributed by atoms with Gasteiger partial charge in [-0.05, 0) is 25.3 Å². The van der Waals surface area contributed by atoms with Gasteiger partial charge in [0.1, 0.15) is 0 Å². The van der Waals surface area contributed by atoms with Crippen LogP contribution in [-0.2, 0) is 9.53 Å². The molecule has 122 valence electrons. The molecule has 2 nitrogen and oxygen atoms in total. The molecular weight excluding hydrogens is 272 g/mol. The lowest BCUT2D eigenvalue weighted by molar-refractivity contribution is -0.139. The summed E-state index contributed by atoms with van der Waals surface area (Å²) in [5.41, 5.74) is 1.83. The largest absolute Gasteiger partial charge is 0.462 e. The third kappa shape index (κ3) is 10.9. The second-order valence-corrected chi connectivity index (χ2v) is 5.06. The molecule has 0 amide bonds. The van der Waals surface area contributed by atoms with Gasteiger partial charge >= 0.3 is 5.97 Å². The lowest BCUT2D eigenvalue weighted by Crippen LogP contribution is -2.07. The van der Waals surface area contributed by atoms with E-state index >= 15 is 0 Å². The van der Waals surface area contributed by atoms with E-state index in [1.54, 1.807) is 0 Å². The normalized spacial score (nSPS) is 9.95. The summed E-state index contributed by atoms with van der Waals surface area (Å²) >= 11 is 0. The molecule has 0 heterocycles. The Hall–Kier alpha value is -1.83. The summed E-state index contributed by atoms with van der Waals surface area (Å²) in [6.45, 7) is 10.2. The average Bonchev–Trinajstić information content (AvgIpc) is 2.55. The van der Waals surface area contributed by atoms with Crippen molar-refractivity contribution in [2.24, 2.45) is 0 Å². The highest BCUT2D eigenvalue weighted by Crippen LogP contribution is 2.03. The summed E-state index contributed by atoms with van der Waals surface area (Å²) in [6, 6.07) is 10.3. The number of ether oxygens (including phenoxy) is 1. The van der Waals surface area contributed by atoms with E-state index in [2.05, 4.69) is 31.7 Å². The van der Waals surface area contributed by atoms with Gasteiger partial charge in [0.15, 0.2) is 0 Å². The van der Waals surface area contributed by atoms with Crippen molar-refractivity contribution in [3.63, 3.8) is 0 Å². The second kappa shape index (κ2) is 14.1. The maximum atomic E-state index is 11.1. The van der Waals surface area contributed by atoms with Crippen LogP contribution in [0.4, 0.5) is 0 Å². The van der Waals surface area contributed by atoms with Crippen LogP contribution in [0.5, 0.6) is 0 Å². The fraction of sp³-hybridized carbons (Fsp3) is 0.450. The van der Waals surface area contributed by atoms with Gasteiger partial charge in [-0.3, -0.25) is 0 Å². The minimum Gasteiger partial charge on any atom is -0.462 e. The minimum atomic E-state index is -0.237. The molecule has 0 atom stereocenters. The van der Waals surface area contributed by atoms with E-state index in [9.17, 15) is 4.79 Å². The van der Waals surface area contributed by atoms with Gasteiger partial charge in [-0.25, -0.2) is 4.79 Å². The molecule has 0 saturated heterocycles. The fourth-order valence-corrected chi connectivity index (χ4v) is 1.70. The maximum Gasteiger partial charge on any atom is 0.333 e. The first-order chi connectivity index (χ1) is 10.7. The topological polar surface area (TPSA) is 26.3 Å². The van der Waals surface area contributed by atoms with Gasteiger partial charge in [0.05, 0.1) is 6.61 Å². The number of unbranched alkanes of at least 4 members (excludes halogenated alkanes) is 3. The third-order valence-electron chi connectivity index (χ3n) is 3.11. The predicted octanol–water partition coefficient (Wildman–Crippen LogP) is 5.80. The molecule has 0 fully saturated rings. The van der Waals surface area contributed by atoms with Gasteiger partial charge < -0.3 is 4.74 Å². The molecule has 0 aliphatic rings. The van der Waals surface area contributed by atoms with Gasteiger partial charge in [-0.2, -0.15) is 0 Å². The van der Waals surface area contributed by atoms with Crippen molar-refractivity contribution in [3.8, 4) is 0 Å². The quantitative estimate of drug-likeness (QED) is 0.345. The van der Waals surface area contributed by atoms with Crippen molar-refractivity contribution in [2.45, 2.75) is 52.9 Å². The first-order valence-electron chi connectivity index (χ1n) is 8.18. The number of esters is 1. The molecule has 0 radical (unpaired) electrons. The van der Waals surface area contributed by atoms with Crippen LogP contribution >= 0.6 is 0 Å². The Morgan fingerprint density at radius 1 is 1.14 bits per heavy atom. The zero-order chi connectivity index (χ0) is 16.6. The molecule has 0 saturated carbocycles. The number of hydrogen-bond donors (Lipinski definition) is 0. The highest BCUT2D eigenvalue weighted by atomic mass is 16.5. The van der Waals surface area contributed by atoms with Crippen molar-refractivity contribution in [1.29, 1.82) is 0 Å². The lowest BCUT2D eigenvalue weighted by Gasteiger charge is -2.04. The maximum absolute atomic E-state index is 11.1. The van der Waals surface area contributed by atoms with Crippen LogP contribution in [0.25, 0.3) is 6.08 Å². The third-order valence-corrected chi connectivity index (χ3v) is 3.11. The van der Waals surface area contributed by atoms with Crippen LogP contribution < -0.4 is 0 Å². The van der Waals surface area contributed by atoms with E-state index in [4.69, 9.17) is 4.74 Å². The standard InChI is InChI=1S/C11H20O2.C9H10/c1-4-6-7-8-9-13-11(12)10(3)5-2;1-2-6-9-7-4-3-5-8-9/h3-9H2,1-2H3;2-8H,1H3. The number of rotatable bonds is 8. The summed E-state index contributed by atoms with van der Waals surface area (Å²) in [6.07, 6.45) is 9.32. The van der Waals surface area contributed by atoms with Crippen molar-refractivity contribution in [1.82, 2.24) is 0 Å². The van der Waals surface area contributed by atoms with Gasteiger partial charge in [-0.1, -0.05) is 82.2 Å². The van der Waals surface area contributed by atoms with Gasteiger partial charge in [0.25, 0.3) is 0 Å². The van der Waals surface area contributed by atoms with Crippen molar-refractivity contribution in [3.05, 3.63) is 54.1 Å². The van der Waals surface area contributed by atoms with E-state index in [-0.39, 0.29) is 5.97 Å². The minimum absolute atomic E-state index is 0.237. The van der Waals surface area contributed by atoms with E-state index in [1.165, 1.54) is 18.4 Å². The molecular formula is C20H30O2. The number of allylic oxidation sites excluding steroid dienone is 1. The Labute approximate surface area is 135 Å². The summed E-state index contributed by atoms with van der Waals surface area (Å²) in [7, 11) is 0. The molecule has 1 rings (SSSR count). The zero-order valence-electron chi connectivity index (χ0n) is 14.3. The van der Waals surface area contributed by atoms with E-state index in [1.807, 2.05) is 38.1 Å². The van der Waals surface area contributed by atoms with E-state index in [0.717, 1.165) is 12.8 Å². The van der Waals surface area contributed by atoms with Crippen molar-refractivity contribution >= 4 is 12.0 Å². The van der Waals surface area contributed by atoms with Crippen LogP contribution in [0.3, 0.4) is 0 Å². The molecule has 0 aliphatic heterocycles.